The number of carbonyl (C=O) groups is 1. The molecule has 1 aromatic carbocycles. The average molecular weight is 245 g/mol. The van der Waals surface area contributed by atoms with E-state index in [1.54, 1.807) is 0 Å². The fourth-order valence-corrected chi connectivity index (χ4v) is 3.00. The van der Waals surface area contributed by atoms with E-state index in [9.17, 15) is 4.79 Å². The number of Topliss-reactive ketones (excluding diaryl/α,β-unsaturated/α-hetero) is 1. The van der Waals surface area contributed by atoms with Crippen molar-refractivity contribution in [3.8, 4) is 0 Å². The van der Waals surface area contributed by atoms with Crippen LogP contribution < -0.4 is 5.32 Å². The van der Waals surface area contributed by atoms with Crippen molar-refractivity contribution < 1.29 is 4.79 Å². The molecule has 0 bridgehead atoms. The third-order valence-electron chi connectivity index (χ3n) is 3.90. The Kier molecular flexibility index (Phi) is 4.18. The van der Waals surface area contributed by atoms with Gasteiger partial charge in [-0.2, -0.15) is 0 Å². The average Bonchev–Trinajstić information content (AvgIpc) is 2.79. The Morgan fingerprint density at radius 1 is 1.44 bits per heavy atom. The van der Waals surface area contributed by atoms with Gasteiger partial charge in [-0.05, 0) is 38.3 Å². The molecule has 1 saturated heterocycles. The van der Waals surface area contributed by atoms with Gasteiger partial charge in [0, 0.05) is 6.42 Å². The predicted octanol–water partition coefficient (Wildman–Crippen LogP) is 3.03. The summed E-state index contributed by atoms with van der Waals surface area (Å²) in [4.78, 5) is 12.6. The lowest BCUT2D eigenvalue weighted by Gasteiger charge is -2.27. The van der Waals surface area contributed by atoms with Gasteiger partial charge in [-0.1, -0.05) is 43.2 Å². The van der Waals surface area contributed by atoms with Gasteiger partial charge < -0.3 is 5.32 Å². The Hall–Kier alpha value is -1.15. The smallest absolute Gasteiger partial charge is 0.157 e. The first kappa shape index (κ1) is 13.3. The van der Waals surface area contributed by atoms with Crippen LogP contribution >= 0.6 is 0 Å². The van der Waals surface area contributed by atoms with E-state index < -0.39 is 0 Å². The van der Waals surface area contributed by atoms with Crippen molar-refractivity contribution in [3.05, 3.63) is 35.4 Å². The molecule has 0 saturated carbocycles. The Bertz CT molecular complexity index is 419. The van der Waals surface area contributed by atoms with Gasteiger partial charge in [0.05, 0.1) is 5.54 Å². The van der Waals surface area contributed by atoms with Crippen LogP contribution in [0.5, 0.6) is 0 Å². The lowest BCUT2D eigenvalue weighted by atomic mass is 9.84. The molecule has 1 aromatic rings. The molecule has 18 heavy (non-hydrogen) atoms. The van der Waals surface area contributed by atoms with Crippen molar-refractivity contribution in [2.75, 3.05) is 6.54 Å². The molecule has 2 rings (SSSR count). The number of hydrogen-bond acceptors (Lipinski definition) is 2. The van der Waals surface area contributed by atoms with Crippen LogP contribution in [0.15, 0.2) is 24.3 Å². The molecule has 0 aliphatic carbocycles. The summed E-state index contributed by atoms with van der Waals surface area (Å²) in [6.07, 6.45) is 4.73. The highest BCUT2D eigenvalue weighted by atomic mass is 16.1. The van der Waals surface area contributed by atoms with Crippen LogP contribution in [-0.2, 0) is 11.2 Å². The van der Waals surface area contributed by atoms with Gasteiger partial charge in [-0.3, -0.25) is 4.79 Å². The maximum Gasteiger partial charge on any atom is 0.157 e. The first-order chi connectivity index (χ1) is 8.66. The highest BCUT2D eigenvalue weighted by molar-refractivity contribution is 5.90. The van der Waals surface area contributed by atoms with Gasteiger partial charge in [0.25, 0.3) is 0 Å². The standard InChI is InChI=1S/C16H23NO/c1-3-8-16(9-5-10-17-16)15(18)12-14-7-4-6-13(2)11-14/h4,6-7,11,17H,3,5,8-10,12H2,1-2H3. The third kappa shape index (κ3) is 2.81. The maximum atomic E-state index is 12.6. The van der Waals surface area contributed by atoms with Crippen LogP contribution in [-0.4, -0.2) is 17.9 Å². The lowest BCUT2D eigenvalue weighted by Crippen LogP contribution is -2.48. The zero-order valence-corrected chi connectivity index (χ0v) is 11.5. The summed E-state index contributed by atoms with van der Waals surface area (Å²) in [5, 5.41) is 3.46. The molecular weight excluding hydrogens is 222 g/mol. The molecule has 0 amide bonds. The molecule has 0 radical (unpaired) electrons. The summed E-state index contributed by atoms with van der Waals surface area (Å²) in [7, 11) is 0. The number of ketones is 1. The van der Waals surface area contributed by atoms with Gasteiger partial charge in [-0.15, -0.1) is 0 Å². The Morgan fingerprint density at radius 3 is 2.89 bits per heavy atom. The second-order valence-corrected chi connectivity index (χ2v) is 5.45. The van der Waals surface area contributed by atoms with Crippen LogP contribution in [0.3, 0.4) is 0 Å². The van der Waals surface area contributed by atoms with Crippen LogP contribution in [0.4, 0.5) is 0 Å². The van der Waals surface area contributed by atoms with E-state index in [4.69, 9.17) is 0 Å². The molecule has 1 heterocycles. The molecule has 2 nitrogen and oxygen atoms in total. The highest BCUT2D eigenvalue weighted by Crippen LogP contribution is 2.27. The number of benzene rings is 1. The van der Waals surface area contributed by atoms with Crippen LogP contribution in [0.25, 0.3) is 0 Å². The zero-order valence-electron chi connectivity index (χ0n) is 11.5. The number of carbonyl (C=O) groups excluding carboxylic acids is 1. The molecule has 0 aromatic heterocycles. The molecule has 2 heteroatoms. The van der Waals surface area contributed by atoms with Gasteiger partial charge >= 0.3 is 0 Å². The molecule has 1 fully saturated rings. The fourth-order valence-electron chi connectivity index (χ4n) is 3.00. The molecule has 1 aliphatic rings. The Balaban J connectivity index is 2.10. The zero-order chi connectivity index (χ0) is 13.0. The summed E-state index contributed by atoms with van der Waals surface area (Å²) in [5.41, 5.74) is 2.13. The van der Waals surface area contributed by atoms with Crippen molar-refractivity contribution in [2.24, 2.45) is 0 Å². The second kappa shape index (κ2) is 5.66. The van der Waals surface area contributed by atoms with Gasteiger partial charge in [0.2, 0.25) is 0 Å². The van der Waals surface area contributed by atoms with Crippen molar-refractivity contribution >= 4 is 5.78 Å². The number of rotatable bonds is 5. The van der Waals surface area contributed by atoms with Gasteiger partial charge in [0.1, 0.15) is 0 Å². The SMILES string of the molecule is CCCC1(C(=O)Cc2cccc(C)c2)CCCN1. The quantitative estimate of drug-likeness (QED) is 0.864. The van der Waals surface area contributed by atoms with Crippen molar-refractivity contribution in [3.63, 3.8) is 0 Å². The summed E-state index contributed by atoms with van der Waals surface area (Å²) >= 11 is 0. The van der Waals surface area contributed by atoms with E-state index in [1.807, 2.05) is 6.07 Å². The molecule has 1 aliphatic heterocycles. The van der Waals surface area contributed by atoms with Gasteiger partial charge in [0.15, 0.2) is 5.78 Å². The monoisotopic (exact) mass is 245 g/mol. The van der Waals surface area contributed by atoms with E-state index in [2.05, 4.69) is 37.4 Å². The minimum absolute atomic E-state index is 0.238. The topological polar surface area (TPSA) is 29.1 Å². The molecule has 1 unspecified atom stereocenters. The summed E-state index contributed by atoms with van der Waals surface area (Å²) in [6, 6.07) is 8.28. The number of nitrogens with one attached hydrogen (secondary N) is 1. The number of aryl methyl sites for hydroxylation is 1. The van der Waals surface area contributed by atoms with Crippen molar-refractivity contribution in [1.82, 2.24) is 5.32 Å². The normalized spacial score (nSPS) is 23.2. The summed E-state index contributed by atoms with van der Waals surface area (Å²) < 4.78 is 0. The van der Waals surface area contributed by atoms with E-state index >= 15 is 0 Å². The summed E-state index contributed by atoms with van der Waals surface area (Å²) in [6.45, 7) is 5.21. The molecular formula is C16H23NO. The van der Waals surface area contributed by atoms with E-state index in [0.717, 1.165) is 37.8 Å². The first-order valence-electron chi connectivity index (χ1n) is 7.00. The van der Waals surface area contributed by atoms with E-state index in [-0.39, 0.29) is 5.54 Å². The molecule has 0 spiro atoms. The van der Waals surface area contributed by atoms with Crippen molar-refractivity contribution in [2.45, 2.75) is 51.5 Å². The van der Waals surface area contributed by atoms with E-state index in [1.165, 1.54) is 5.56 Å². The second-order valence-electron chi connectivity index (χ2n) is 5.45. The molecule has 1 atom stereocenters. The van der Waals surface area contributed by atoms with Crippen LogP contribution in [0.1, 0.15) is 43.7 Å². The van der Waals surface area contributed by atoms with Gasteiger partial charge in [-0.25, -0.2) is 0 Å². The minimum Gasteiger partial charge on any atom is -0.305 e. The minimum atomic E-state index is -0.238. The largest absolute Gasteiger partial charge is 0.305 e. The third-order valence-corrected chi connectivity index (χ3v) is 3.90. The highest BCUT2D eigenvalue weighted by Gasteiger charge is 2.39. The first-order valence-corrected chi connectivity index (χ1v) is 7.00. The maximum absolute atomic E-state index is 12.6. The fraction of sp³-hybridized carbons (Fsp3) is 0.562. The van der Waals surface area contributed by atoms with Crippen LogP contribution in [0.2, 0.25) is 0 Å². The predicted molar refractivity (Wildman–Crippen MR) is 74.8 cm³/mol. The van der Waals surface area contributed by atoms with E-state index in [0.29, 0.717) is 12.2 Å². The Labute approximate surface area is 110 Å². The number of hydrogen-bond donors (Lipinski definition) is 1. The molecule has 1 N–H and O–H groups in total. The molecule has 98 valence electrons. The van der Waals surface area contributed by atoms with Crippen LogP contribution in [0, 0.1) is 6.92 Å². The Morgan fingerprint density at radius 2 is 2.28 bits per heavy atom. The van der Waals surface area contributed by atoms with Crippen molar-refractivity contribution in [1.29, 1.82) is 0 Å². The summed E-state index contributed by atoms with van der Waals surface area (Å²) in [5.74, 6) is 0.368. The lowest BCUT2D eigenvalue weighted by molar-refractivity contribution is -0.124.